The zero-order chi connectivity index (χ0) is 11.8. The summed E-state index contributed by atoms with van der Waals surface area (Å²) in [4.78, 5) is 4.47. The van der Waals surface area contributed by atoms with Gasteiger partial charge in [-0.3, -0.25) is 0 Å². The van der Waals surface area contributed by atoms with Crippen molar-refractivity contribution >= 4 is 12.4 Å². The van der Waals surface area contributed by atoms with E-state index in [9.17, 15) is 0 Å². The maximum absolute atomic E-state index is 6.34. The minimum atomic E-state index is -0.380. The Morgan fingerprint density at radius 3 is 2.24 bits per heavy atom. The van der Waals surface area contributed by atoms with Crippen molar-refractivity contribution in [1.29, 1.82) is 0 Å². The molecule has 0 spiro atoms. The Labute approximate surface area is 109 Å². The van der Waals surface area contributed by atoms with Crippen molar-refractivity contribution in [2.45, 2.75) is 63.8 Å². The molecule has 98 valence electrons. The van der Waals surface area contributed by atoms with Crippen molar-refractivity contribution in [1.82, 2.24) is 10.1 Å². The first kappa shape index (κ1) is 14.5. The van der Waals surface area contributed by atoms with E-state index in [2.05, 4.69) is 30.9 Å². The highest BCUT2D eigenvalue weighted by molar-refractivity contribution is 5.85. The Morgan fingerprint density at radius 2 is 1.76 bits per heavy atom. The molecule has 17 heavy (non-hydrogen) atoms. The lowest BCUT2D eigenvalue weighted by Gasteiger charge is -2.29. The van der Waals surface area contributed by atoms with Crippen LogP contribution in [-0.2, 0) is 11.0 Å². The normalized spacial score (nSPS) is 19.8. The first-order valence-corrected chi connectivity index (χ1v) is 6.05. The molecular weight excluding hydrogens is 238 g/mol. The third kappa shape index (κ3) is 2.99. The van der Waals surface area contributed by atoms with Crippen LogP contribution in [0.4, 0.5) is 0 Å². The molecule has 1 aromatic rings. The summed E-state index contributed by atoms with van der Waals surface area (Å²) in [6.45, 7) is 6.23. The molecule has 0 amide bonds. The van der Waals surface area contributed by atoms with Crippen LogP contribution >= 0.6 is 12.4 Å². The summed E-state index contributed by atoms with van der Waals surface area (Å²) < 4.78 is 5.35. The molecule has 4 nitrogen and oxygen atoms in total. The van der Waals surface area contributed by atoms with Crippen LogP contribution in [-0.4, -0.2) is 10.1 Å². The molecule has 1 saturated carbocycles. The summed E-state index contributed by atoms with van der Waals surface area (Å²) in [5.41, 5.74) is 5.88. The molecule has 0 aliphatic heterocycles. The van der Waals surface area contributed by atoms with E-state index in [0.717, 1.165) is 31.5 Å². The van der Waals surface area contributed by atoms with Crippen LogP contribution in [0.3, 0.4) is 0 Å². The number of hydrogen-bond acceptors (Lipinski definition) is 4. The SMILES string of the molecule is CC(C)(C)c1noc(C2(N)CCCCC2)n1.Cl. The van der Waals surface area contributed by atoms with Crippen molar-refractivity contribution in [2.75, 3.05) is 0 Å². The van der Waals surface area contributed by atoms with Crippen molar-refractivity contribution < 1.29 is 4.52 Å². The van der Waals surface area contributed by atoms with E-state index in [1.165, 1.54) is 6.42 Å². The minimum Gasteiger partial charge on any atom is -0.337 e. The zero-order valence-electron chi connectivity index (χ0n) is 10.8. The van der Waals surface area contributed by atoms with E-state index in [0.29, 0.717) is 5.89 Å². The molecule has 5 heteroatoms. The van der Waals surface area contributed by atoms with E-state index in [1.54, 1.807) is 0 Å². The molecule has 0 bridgehead atoms. The van der Waals surface area contributed by atoms with E-state index in [-0.39, 0.29) is 23.4 Å². The smallest absolute Gasteiger partial charge is 0.246 e. The molecule has 0 radical (unpaired) electrons. The largest absolute Gasteiger partial charge is 0.337 e. The van der Waals surface area contributed by atoms with Gasteiger partial charge in [0.25, 0.3) is 0 Å². The van der Waals surface area contributed by atoms with Gasteiger partial charge >= 0.3 is 0 Å². The van der Waals surface area contributed by atoms with E-state index >= 15 is 0 Å². The summed E-state index contributed by atoms with van der Waals surface area (Å²) in [6, 6.07) is 0. The second kappa shape index (κ2) is 4.94. The second-order valence-electron chi connectivity index (χ2n) is 5.89. The fourth-order valence-electron chi connectivity index (χ4n) is 2.13. The van der Waals surface area contributed by atoms with Gasteiger partial charge in [-0.25, -0.2) is 0 Å². The average molecular weight is 260 g/mol. The summed E-state index contributed by atoms with van der Waals surface area (Å²) in [7, 11) is 0. The first-order chi connectivity index (χ1) is 7.42. The number of rotatable bonds is 1. The van der Waals surface area contributed by atoms with Gasteiger partial charge in [-0.05, 0) is 12.8 Å². The molecule has 2 N–H and O–H groups in total. The lowest BCUT2D eigenvalue weighted by Crippen LogP contribution is -2.39. The Morgan fingerprint density at radius 1 is 1.18 bits per heavy atom. The first-order valence-electron chi connectivity index (χ1n) is 6.05. The Hall–Kier alpha value is -0.610. The van der Waals surface area contributed by atoms with Crippen LogP contribution in [0.1, 0.15) is 64.6 Å². The fourth-order valence-corrected chi connectivity index (χ4v) is 2.13. The van der Waals surface area contributed by atoms with Crippen LogP contribution in [0, 0.1) is 0 Å². The monoisotopic (exact) mass is 259 g/mol. The Balaban J connectivity index is 0.00000144. The van der Waals surface area contributed by atoms with Crippen LogP contribution in [0.5, 0.6) is 0 Å². The predicted octanol–water partition coefficient (Wildman–Crippen LogP) is 2.91. The number of aromatic nitrogens is 2. The van der Waals surface area contributed by atoms with Crippen molar-refractivity contribution in [3.63, 3.8) is 0 Å². The quantitative estimate of drug-likeness (QED) is 0.842. The average Bonchev–Trinajstić information content (AvgIpc) is 2.67. The van der Waals surface area contributed by atoms with Gasteiger partial charge in [-0.15, -0.1) is 12.4 Å². The van der Waals surface area contributed by atoms with Crippen LogP contribution in [0.15, 0.2) is 4.52 Å². The summed E-state index contributed by atoms with van der Waals surface area (Å²) in [6.07, 6.45) is 5.49. The van der Waals surface area contributed by atoms with Gasteiger partial charge in [0.15, 0.2) is 5.82 Å². The molecule has 1 aliphatic carbocycles. The second-order valence-corrected chi connectivity index (χ2v) is 5.89. The van der Waals surface area contributed by atoms with Gasteiger partial charge in [-0.2, -0.15) is 4.98 Å². The van der Waals surface area contributed by atoms with Gasteiger partial charge in [0.1, 0.15) is 0 Å². The molecule has 1 heterocycles. The van der Waals surface area contributed by atoms with E-state index in [1.807, 2.05) is 0 Å². The standard InChI is InChI=1S/C12H21N3O.ClH/c1-11(2,3)9-14-10(16-15-9)12(13)7-5-4-6-8-12;/h4-8,13H2,1-3H3;1H. The summed E-state index contributed by atoms with van der Waals surface area (Å²) in [5, 5.41) is 4.04. The maximum Gasteiger partial charge on any atom is 0.246 e. The topological polar surface area (TPSA) is 64.9 Å². The Kier molecular flexibility index (Phi) is 4.20. The van der Waals surface area contributed by atoms with Crippen molar-refractivity contribution in [2.24, 2.45) is 5.73 Å². The number of nitrogens with zero attached hydrogens (tertiary/aromatic N) is 2. The highest BCUT2D eigenvalue weighted by Gasteiger charge is 2.36. The zero-order valence-corrected chi connectivity index (χ0v) is 11.6. The van der Waals surface area contributed by atoms with Crippen LogP contribution in [0.25, 0.3) is 0 Å². The van der Waals surface area contributed by atoms with Crippen LogP contribution < -0.4 is 5.73 Å². The minimum absolute atomic E-state index is 0. The van der Waals surface area contributed by atoms with Crippen LogP contribution in [0.2, 0.25) is 0 Å². The number of halogens is 1. The molecular formula is C12H22ClN3O. The number of nitrogens with two attached hydrogens (primary N) is 1. The lowest BCUT2D eigenvalue weighted by molar-refractivity contribution is 0.219. The van der Waals surface area contributed by atoms with E-state index < -0.39 is 0 Å². The molecule has 1 fully saturated rings. The third-order valence-electron chi connectivity index (χ3n) is 3.27. The highest BCUT2D eigenvalue weighted by atomic mass is 35.5. The third-order valence-corrected chi connectivity index (χ3v) is 3.27. The van der Waals surface area contributed by atoms with Crippen molar-refractivity contribution in [3.05, 3.63) is 11.7 Å². The fraction of sp³-hybridized carbons (Fsp3) is 0.833. The van der Waals surface area contributed by atoms with Gasteiger partial charge in [0.05, 0.1) is 5.54 Å². The molecule has 0 atom stereocenters. The van der Waals surface area contributed by atoms with Crippen molar-refractivity contribution in [3.8, 4) is 0 Å². The van der Waals surface area contributed by atoms with Gasteiger partial charge < -0.3 is 10.3 Å². The lowest BCUT2D eigenvalue weighted by atomic mass is 9.82. The predicted molar refractivity (Wildman–Crippen MR) is 69.2 cm³/mol. The van der Waals surface area contributed by atoms with Gasteiger partial charge in [0, 0.05) is 5.41 Å². The summed E-state index contributed by atoms with van der Waals surface area (Å²) >= 11 is 0. The van der Waals surface area contributed by atoms with Gasteiger partial charge in [-0.1, -0.05) is 45.2 Å². The van der Waals surface area contributed by atoms with E-state index in [4.69, 9.17) is 10.3 Å². The maximum atomic E-state index is 6.34. The Bertz CT molecular complexity index is 364. The molecule has 0 saturated heterocycles. The highest BCUT2D eigenvalue weighted by Crippen LogP contribution is 2.34. The molecule has 0 aromatic carbocycles. The molecule has 1 aromatic heterocycles. The molecule has 1 aliphatic rings. The molecule has 0 unspecified atom stereocenters. The van der Waals surface area contributed by atoms with Gasteiger partial charge in [0.2, 0.25) is 5.89 Å². The summed E-state index contributed by atoms with van der Waals surface area (Å²) in [5.74, 6) is 1.37. The number of hydrogen-bond donors (Lipinski definition) is 1. The molecule has 2 rings (SSSR count).